The lowest BCUT2D eigenvalue weighted by molar-refractivity contribution is -0.133. The molecule has 1 atom stereocenters. The average Bonchev–Trinajstić information content (AvgIpc) is 3.14. The van der Waals surface area contributed by atoms with Crippen molar-refractivity contribution in [3.8, 4) is 0 Å². The molecule has 2 aromatic rings. The summed E-state index contributed by atoms with van der Waals surface area (Å²) in [6, 6.07) is 12.3. The van der Waals surface area contributed by atoms with Gasteiger partial charge in [0, 0.05) is 29.6 Å². The lowest BCUT2D eigenvalue weighted by Crippen LogP contribution is -2.44. The van der Waals surface area contributed by atoms with Gasteiger partial charge in [0.2, 0.25) is 11.8 Å². The molecule has 2 aliphatic rings. The van der Waals surface area contributed by atoms with E-state index in [1.54, 1.807) is 11.8 Å². The zero-order chi connectivity index (χ0) is 19.7. The fourth-order valence-electron chi connectivity index (χ4n) is 3.70. The summed E-state index contributed by atoms with van der Waals surface area (Å²) in [6.45, 7) is 1.16. The monoisotopic (exact) mass is 418 g/mol. The molecule has 1 fully saturated rings. The highest BCUT2D eigenvalue weighted by atomic mass is 35.5. The van der Waals surface area contributed by atoms with Gasteiger partial charge in [0.1, 0.15) is 5.82 Å². The first-order valence-electron chi connectivity index (χ1n) is 9.30. The molecule has 0 bridgehead atoms. The summed E-state index contributed by atoms with van der Waals surface area (Å²) < 4.78 is 13.2. The number of halogens is 2. The summed E-state index contributed by atoms with van der Waals surface area (Å²) in [5, 5.41) is 2.71. The van der Waals surface area contributed by atoms with Crippen LogP contribution in [0.2, 0.25) is 5.02 Å². The maximum atomic E-state index is 13.2. The fourth-order valence-corrected chi connectivity index (χ4v) is 5.16. The minimum atomic E-state index is -0.515. The number of anilines is 1. The third-order valence-corrected chi connectivity index (χ3v) is 6.88. The fraction of sp³-hybridized carbons (Fsp3) is 0.333. The second-order valence-electron chi connectivity index (χ2n) is 7.14. The van der Waals surface area contributed by atoms with E-state index in [9.17, 15) is 14.0 Å². The number of thioether (sulfide) groups is 1. The topological polar surface area (TPSA) is 49.4 Å². The Labute approximate surface area is 172 Å². The third kappa shape index (κ3) is 4.03. The van der Waals surface area contributed by atoms with Crippen LogP contribution in [0.5, 0.6) is 0 Å². The van der Waals surface area contributed by atoms with E-state index in [1.807, 2.05) is 17.0 Å². The number of piperidine rings is 1. The molecule has 0 aliphatic carbocycles. The molecule has 1 N–H and O–H groups in total. The molecule has 2 amide bonds. The summed E-state index contributed by atoms with van der Waals surface area (Å²) in [5.41, 5.74) is 1.72. The minimum Gasteiger partial charge on any atom is -0.342 e. The van der Waals surface area contributed by atoms with E-state index in [4.69, 9.17) is 11.6 Å². The molecule has 1 saturated heterocycles. The van der Waals surface area contributed by atoms with Gasteiger partial charge in [-0.2, -0.15) is 0 Å². The minimum absolute atomic E-state index is 0.0201. The zero-order valence-electron chi connectivity index (χ0n) is 15.2. The smallest absolute Gasteiger partial charge is 0.236 e. The number of fused-ring (bicyclic) bond motifs is 1. The van der Waals surface area contributed by atoms with Crippen LogP contribution >= 0.6 is 23.4 Å². The molecule has 0 spiro atoms. The van der Waals surface area contributed by atoms with Gasteiger partial charge in [-0.25, -0.2) is 4.39 Å². The number of carbonyl (C=O) groups excluding carboxylic acids is 2. The molecule has 7 heteroatoms. The zero-order valence-corrected chi connectivity index (χ0v) is 16.7. The van der Waals surface area contributed by atoms with E-state index >= 15 is 0 Å². The molecule has 1 unspecified atom stereocenters. The van der Waals surface area contributed by atoms with Gasteiger partial charge in [-0.15, -0.1) is 11.8 Å². The first kappa shape index (κ1) is 19.3. The highest BCUT2D eigenvalue weighted by Crippen LogP contribution is 2.38. The van der Waals surface area contributed by atoms with Gasteiger partial charge >= 0.3 is 0 Å². The largest absolute Gasteiger partial charge is 0.342 e. The predicted octanol–water partition coefficient (Wildman–Crippen LogP) is 4.37. The van der Waals surface area contributed by atoms with Crippen molar-refractivity contribution in [3.63, 3.8) is 0 Å². The Morgan fingerprint density at radius 2 is 1.89 bits per heavy atom. The van der Waals surface area contributed by atoms with Crippen LogP contribution in [0.1, 0.15) is 18.4 Å². The molecule has 0 saturated carbocycles. The van der Waals surface area contributed by atoms with Crippen molar-refractivity contribution in [2.45, 2.75) is 29.4 Å². The molecule has 0 aromatic heterocycles. The second kappa shape index (κ2) is 8.13. The van der Waals surface area contributed by atoms with Crippen LogP contribution in [0.15, 0.2) is 47.4 Å². The summed E-state index contributed by atoms with van der Waals surface area (Å²) in [7, 11) is 0. The summed E-state index contributed by atoms with van der Waals surface area (Å²) >= 11 is 7.40. The molecule has 28 heavy (non-hydrogen) atoms. The van der Waals surface area contributed by atoms with Gasteiger partial charge < -0.3 is 10.2 Å². The lowest BCUT2D eigenvalue weighted by atomic mass is 9.95. The quantitative estimate of drug-likeness (QED) is 0.805. The van der Waals surface area contributed by atoms with E-state index in [-0.39, 0.29) is 28.0 Å². The van der Waals surface area contributed by atoms with E-state index in [0.717, 1.165) is 6.42 Å². The van der Waals surface area contributed by atoms with E-state index in [0.29, 0.717) is 31.6 Å². The van der Waals surface area contributed by atoms with E-state index < -0.39 is 5.82 Å². The maximum absolute atomic E-state index is 13.2. The van der Waals surface area contributed by atoms with Crippen LogP contribution in [0.3, 0.4) is 0 Å². The third-order valence-electron chi connectivity index (χ3n) is 5.29. The summed E-state index contributed by atoms with van der Waals surface area (Å²) in [4.78, 5) is 28.4. The van der Waals surface area contributed by atoms with E-state index in [2.05, 4.69) is 17.4 Å². The van der Waals surface area contributed by atoms with Crippen LogP contribution in [0.4, 0.5) is 10.1 Å². The normalized spacial score (nSPS) is 19.4. The van der Waals surface area contributed by atoms with Crippen molar-refractivity contribution in [2.24, 2.45) is 5.92 Å². The molecular weight excluding hydrogens is 399 g/mol. The Kier molecular flexibility index (Phi) is 5.60. The van der Waals surface area contributed by atoms with Crippen LogP contribution in [0, 0.1) is 11.7 Å². The van der Waals surface area contributed by atoms with Crippen molar-refractivity contribution in [1.29, 1.82) is 0 Å². The van der Waals surface area contributed by atoms with Crippen molar-refractivity contribution in [3.05, 3.63) is 58.9 Å². The number of hydrogen-bond acceptors (Lipinski definition) is 3. The number of hydrogen-bond donors (Lipinski definition) is 1. The highest BCUT2D eigenvalue weighted by molar-refractivity contribution is 8.01. The second-order valence-corrected chi connectivity index (χ2v) is 8.79. The Balaban J connectivity index is 1.30. The van der Waals surface area contributed by atoms with Crippen LogP contribution in [0.25, 0.3) is 0 Å². The van der Waals surface area contributed by atoms with Gasteiger partial charge in [-0.05, 0) is 49.1 Å². The van der Waals surface area contributed by atoms with Gasteiger partial charge in [0.15, 0.2) is 0 Å². The lowest BCUT2D eigenvalue weighted by Gasteiger charge is -2.32. The van der Waals surface area contributed by atoms with Crippen molar-refractivity contribution >= 4 is 40.9 Å². The number of nitrogens with one attached hydrogen (secondary N) is 1. The number of rotatable bonds is 3. The summed E-state index contributed by atoms with van der Waals surface area (Å²) in [6.07, 6.45) is 2.01. The Hall–Kier alpha value is -2.05. The molecule has 146 valence electrons. The van der Waals surface area contributed by atoms with Gasteiger partial charge in [-0.1, -0.05) is 29.8 Å². The first-order valence-corrected chi connectivity index (χ1v) is 10.6. The SMILES string of the molecule is O=C(Nc1ccc(F)c(Cl)c1)C1CCN(C(=O)C2Cc3ccccc3S2)CC1. The van der Waals surface area contributed by atoms with Crippen molar-refractivity contribution < 1.29 is 14.0 Å². The van der Waals surface area contributed by atoms with Crippen molar-refractivity contribution in [1.82, 2.24) is 4.90 Å². The molecule has 0 radical (unpaired) electrons. The Bertz CT molecular complexity index is 890. The van der Waals surface area contributed by atoms with Crippen LogP contribution in [-0.2, 0) is 16.0 Å². The molecule has 4 rings (SSSR count). The molecule has 2 aliphatic heterocycles. The highest BCUT2D eigenvalue weighted by Gasteiger charge is 2.34. The number of nitrogens with zero attached hydrogens (tertiary/aromatic N) is 1. The number of likely N-dealkylation sites (tertiary alicyclic amines) is 1. The molecule has 2 aromatic carbocycles. The molecular formula is C21H20ClFN2O2S. The van der Waals surface area contributed by atoms with E-state index in [1.165, 1.54) is 28.7 Å². The van der Waals surface area contributed by atoms with Crippen molar-refractivity contribution in [2.75, 3.05) is 18.4 Å². The number of carbonyl (C=O) groups is 2. The Morgan fingerprint density at radius 3 is 2.61 bits per heavy atom. The predicted molar refractivity (Wildman–Crippen MR) is 109 cm³/mol. The average molecular weight is 419 g/mol. The van der Waals surface area contributed by atoms with Gasteiger partial charge in [0.05, 0.1) is 10.3 Å². The van der Waals surface area contributed by atoms with Gasteiger partial charge in [0.25, 0.3) is 0 Å². The summed E-state index contributed by atoms with van der Waals surface area (Å²) in [5.74, 6) is -0.637. The molecule has 2 heterocycles. The first-order chi connectivity index (χ1) is 13.5. The number of benzene rings is 2. The number of amides is 2. The molecule has 4 nitrogen and oxygen atoms in total. The van der Waals surface area contributed by atoms with Gasteiger partial charge in [-0.3, -0.25) is 9.59 Å². The van der Waals surface area contributed by atoms with Crippen LogP contribution < -0.4 is 5.32 Å². The maximum Gasteiger partial charge on any atom is 0.236 e. The Morgan fingerprint density at radius 1 is 1.14 bits per heavy atom. The van der Waals surface area contributed by atoms with Crippen LogP contribution in [-0.4, -0.2) is 35.1 Å². The standard InChI is InChI=1S/C21H20ClFN2O2S/c22-16-12-15(5-6-17(16)23)24-20(26)13-7-9-25(10-8-13)21(27)19-11-14-3-1-2-4-18(14)28-19/h1-6,12-13,19H,7-11H2,(H,24,26).